The Kier molecular flexibility index (Phi) is 7.72. The molecule has 2 amide bonds. The summed E-state index contributed by atoms with van der Waals surface area (Å²) in [7, 11) is -3.65. The number of carbonyl (C=O) groups is 2. The molecule has 0 atom stereocenters. The molecule has 0 unspecified atom stereocenters. The quantitative estimate of drug-likeness (QED) is 0.659. The predicted molar refractivity (Wildman–Crippen MR) is 105 cm³/mol. The van der Waals surface area contributed by atoms with E-state index in [1.165, 1.54) is 12.1 Å². The van der Waals surface area contributed by atoms with Crippen LogP contribution in [0.25, 0.3) is 0 Å². The number of nitriles is 1. The van der Waals surface area contributed by atoms with E-state index in [4.69, 9.17) is 5.26 Å². The van der Waals surface area contributed by atoms with Crippen molar-refractivity contribution in [1.82, 2.24) is 10.6 Å². The fourth-order valence-electron chi connectivity index (χ4n) is 2.43. The van der Waals surface area contributed by atoms with Crippen molar-refractivity contribution >= 4 is 21.7 Å². The number of nitrogens with zero attached hydrogens (tertiary/aromatic N) is 1. The molecule has 0 bridgehead atoms. The van der Waals surface area contributed by atoms with E-state index >= 15 is 0 Å². The van der Waals surface area contributed by atoms with Crippen molar-refractivity contribution in [2.24, 2.45) is 0 Å². The van der Waals surface area contributed by atoms with Crippen LogP contribution in [0, 0.1) is 11.3 Å². The first kappa shape index (κ1) is 21.1. The summed E-state index contributed by atoms with van der Waals surface area (Å²) in [4.78, 5) is 23.6. The lowest BCUT2D eigenvalue weighted by atomic mass is 10.2. The lowest BCUT2D eigenvalue weighted by Crippen LogP contribution is -2.34. The lowest BCUT2D eigenvalue weighted by molar-refractivity contribution is -0.121. The van der Waals surface area contributed by atoms with Crippen LogP contribution in [0.4, 0.5) is 0 Å². The summed E-state index contributed by atoms with van der Waals surface area (Å²) in [6.07, 6.45) is 0.0637. The van der Waals surface area contributed by atoms with Crippen molar-refractivity contribution in [3.8, 4) is 6.07 Å². The Morgan fingerprint density at radius 3 is 2.21 bits per heavy atom. The first-order chi connectivity index (χ1) is 13.4. The van der Waals surface area contributed by atoms with Crippen LogP contribution in [0.5, 0.6) is 0 Å². The van der Waals surface area contributed by atoms with Crippen LogP contribution in [0.2, 0.25) is 0 Å². The van der Waals surface area contributed by atoms with E-state index in [2.05, 4.69) is 10.6 Å². The van der Waals surface area contributed by atoms with Gasteiger partial charge in [0.2, 0.25) is 11.8 Å². The summed E-state index contributed by atoms with van der Waals surface area (Å²) in [5.74, 6) is -1.82. The van der Waals surface area contributed by atoms with E-state index in [9.17, 15) is 18.0 Å². The Hall–Kier alpha value is -3.18. The van der Waals surface area contributed by atoms with E-state index in [1.807, 2.05) is 36.4 Å². The third kappa shape index (κ3) is 7.60. The SMILES string of the molecule is N#Cc1ccc(CS(=O)(=O)CC(=O)NCCC(=O)NCc2ccccc2)cc1. The molecular formula is C20H21N3O4S. The van der Waals surface area contributed by atoms with Crippen molar-refractivity contribution in [3.63, 3.8) is 0 Å². The normalized spacial score (nSPS) is 10.7. The van der Waals surface area contributed by atoms with Gasteiger partial charge in [-0.2, -0.15) is 5.26 Å². The summed E-state index contributed by atoms with van der Waals surface area (Å²) in [6, 6.07) is 17.5. The standard InChI is InChI=1S/C20H21N3O4S/c21-12-16-6-8-18(9-7-16)14-28(26,27)15-20(25)22-11-10-19(24)23-13-17-4-2-1-3-5-17/h1-9H,10-11,13-15H2,(H,22,25)(H,23,24). The zero-order chi connectivity index (χ0) is 20.4. The molecule has 2 aromatic rings. The van der Waals surface area contributed by atoms with Gasteiger partial charge in [0, 0.05) is 19.5 Å². The van der Waals surface area contributed by atoms with Gasteiger partial charge in [-0.1, -0.05) is 42.5 Å². The van der Waals surface area contributed by atoms with Crippen molar-refractivity contribution in [2.75, 3.05) is 12.3 Å². The third-order valence-corrected chi connectivity index (χ3v) is 5.30. The molecule has 146 valence electrons. The molecule has 0 aliphatic heterocycles. The summed E-state index contributed by atoms with van der Waals surface area (Å²) < 4.78 is 24.2. The molecule has 2 aromatic carbocycles. The topological polar surface area (TPSA) is 116 Å². The van der Waals surface area contributed by atoms with Gasteiger partial charge in [-0.3, -0.25) is 9.59 Å². The molecule has 2 N–H and O–H groups in total. The Morgan fingerprint density at radius 1 is 0.893 bits per heavy atom. The Balaban J connectivity index is 1.70. The molecule has 0 radical (unpaired) electrons. The zero-order valence-electron chi connectivity index (χ0n) is 15.2. The minimum absolute atomic E-state index is 0.0614. The molecule has 7 nitrogen and oxygen atoms in total. The van der Waals surface area contributed by atoms with Gasteiger partial charge in [0.25, 0.3) is 0 Å². The highest BCUT2D eigenvalue weighted by Gasteiger charge is 2.17. The number of hydrogen-bond acceptors (Lipinski definition) is 5. The van der Waals surface area contributed by atoms with Gasteiger partial charge in [-0.05, 0) is 23.3 Å². The van der Waals surface area contributed by atoms with Crippen molar-refractivity contribution in [1.29, 1.82) is 5.26 Å². The van der Waals surface area contributed by atoms with E-state index in [0.717, 1.165) is 5.56 Å². The van der Waals surface area contributed by atoms with Gasteiger partial charge in [0.15, 0.2) is 9.84 Å². The van der Waals surface area contributed by atoms with Crippen LogP contribution in [0.15, 0.2) is 54.6 Å². The monoisotopic (exact) mass is 399 g/mol. The minimum Gasteiger partial charge on any atom is -0.355 e. The van der Waals surface area contributed by atoms with Crippen LogP contribution in [-0.4, -0.2) is 32.5 Å². The highest BCUT2D eigenvalue weighted by molar-refractivity contribution is 7.91. The summed E-state index contributed by atoms with van der Waals surface area (Å²) in [5, 5.41) is 13.9. The second kappa shape index (κ2) is 10.2. The number of benzene rings is 2. The second-order valence-corrected chi connectivity index (χ2v) is 8.27. The number of amides is 2. The number of nitrogens with one attached hydrogen (secondary N) is 2. The van der Waals surface area contributed by atoms with Crippen molar-refractivity contribution in [2.45, 2.75) is 18.7 Å². The summed E-state index contributed by atoms with van der Waals surface area (Å²) >= 11 is 0. The lowest BCUT2D eigenvalue weighted by Gasteiger charge is -2.08. The fraction of sp³-hybridized carbons (Fsp3) is 0.250. The molecule has 28 heavy (non-hydrogen) atoms. The number of sulfone groups is 1. The molecule has 0 aliphatic rings. The largest absolute Gasteiger partial charge is 0.355 e. The van der Waals surface area contributed by atoms with Crippen LogP contribution in [-0.2, 0) is 31.7 Å². The van der Waals surface area contributed by atoms with E-state index in [-0.39, 0.29) is 24.6 Å². The molecule has 0 fully saturated rings. The predicted octanol–water partition coefficient (Wildman–Crippen LogP) is 1.30. The Labute approximate surface area is 164 Å². The highest BCUT2D eigenvalue weighted by Crippen LogP contribution is 2.08. The molecule has 0 saturated heterocycles. The number of hydrogen-bond donors (Lipinski definition) is 2. The average molecular weight is 399 g/mol. The second-order valence-electron chi connectivity index (χ2n) is 6.20. The Morgan fingerprint density at radius 2 is 1.57 bits per heavy atom. The molecule has 0 aliphatic carbocycles. The average Bonchev–Trinajstić information content (AvgIpc) is 2.67. The van der Waals surface area contributed by atoms with Gasteiger partial charge in [0.1, 0.15) is 5.75 Å². The smallest absolute Gasteiger partial charge is 0.235 e. The molecule has 0 heterocycles. The van der Waals surface area contributed by atoms with Gasteiger partial charge in [0.05, 0.1) is 17.4 Å². The maximum absolute atomic E-state index is 12.1. The van der Waals surface area contributed by atoms with Crippen LogP contribution < -0.4 is 10.6 Å². The number of carbonyl (C=O) groups excluding carboxylic acids is 2. The zero-order valence-corrected chi connectivity index (χ0v) is 16.0. The van der Waals surface area contributed by atoms with E-state index < -0.39 is 21.5 Å². The maximum atomic E-state index is 12.1. The van der Waals surface area contributed by atoms with Gasteiger partial charge < -0.3 is 10.6 Å². The number of rotatable bonds is 9. The summed E-state index contributed by atoms with van der Waals surface area (Å²) in [5.41, 5.74) is 1.91. The Bertz CT molecular complexity index is 949. The molecule has 0 spiro atoms. The highest BCUT2D eigenvalue weighted by atomic mass is 32.2. The van der Waals surface area contributed by atoms with Crippen LogP contribution in [0.1, 0.15) is 23.1 Å². The van der Waals surface area contributed by atoms with Crippen LogP contribution in [0.3, 0.4) is 0 Å². The van der Waals surface area contributed by atoms with Gasteiger partial charge in [-0.25, -0.2) is 8.42 Å². The minimum atomic E-state index is -3.65. The first-order valence-electron chi connectivity index (χ1n) is 8.65. The van der Waals surface area contributed by atoms with Crippen LogP contribution >= 0.6 is 0 Å². The van der Waals surface area contributed by atoms with Crippen molar-refractivity contribution < 1.29 is 18.0 Å². The summed E-state index contributed by atoms with van der Waals surface area (Å²) in [6.45, 7) is 0.457. The fourth-order valence-corrected chi connectivity index (χ4v) is 3.74. The molecule has 0 saturated carbocycles. The van der Waals surface area contributed by atoms with Crippen molar-refractivity contribution in [3.05, 3.63) is 71.3 Å². The third-order valence-electron chi connectivity index (χ3n) is 3.83. The first-order valence-corrected chi connectivity index (χ1v) is 10.5. The van der Waals surface area contributed by atoms with Gasteiger partial charge in [-0.15, -0.1) is 0 Å². The van der Waals surface area contributed by atoms with Gasteiger partial charge >= 0.3 is 0 Å². The molecule has 0 aromatic heterocycles. The maximum Gasteiger partial charge on any atom is 0.235 e. The molecule has 8 heteroatoms. The molecule has 2 rings (SSSR count). The van der Waals surface area contributed by atoms with E-state index in [0.29, 0.717) is 17.7 Å². The molecular weight excluding hydrogens is 378 g/mol. The van der Waals surface area contributed by atoms with E-state index in [1.54, 1.807) is 12.1 Å².